The summed E-state index contributed by atoms with van der Waals surface area (Å²) in [6.45, 7) is 1.03. The molecule has 0 aromatic heterocycles. The molecule has 2 amide bonds. The van der Waals surface area contributed by atoms with Crippen LogP contribution in [0.4, 0.5) is 23.7 Å². The number of nitrogens with one attached hydrogen (secondary N) is 2. The van der Waals surface area contributed by atoms with Crippen LogP contribution in [0.3, 0.4) is 0 Å². The lowest BCUT2D eigenvalue weighted by molar-refractivity contribution is -0.136. The molecule has 1 heterocycles. The summed E-state index contributed by atoms with van der Waals surface area (Å²) < 4.78 is 40.1. The molecule has 132 valence electrons. The molecule has 24 heavy (non-hydrogen) atoms. The lowest BCUT2D eigenvalue weighted by Crippen LogP contribution is -2.54. The van der Waals surface area contributed by atoms with E-state index in [4.69, 9.17) is 28.3 Å². The molecule has 6 nitrogen and oxygen atoms in total. The Labute approximate surface area is 144 Å². The van der Waals surface area contributed by atoms with Crippen molar-refractivity contribution in [1.82, 2.24) is 10.7 Å². The molecule has 3 N–H and O–H groups in total. The minimum Gasteiger partial charge on any atom is -0.480 e. The summed E-state index contributed by atoms with van der Waals surface area (Å²) in [5.41, 5.74) is -0.118. The molecule has 2 unspecified atom stereocenters. The molecule has 1 aliphatic heterocycles. The highest BCUT2D eigenvalue weighted by Crippen LogP contribution is 2.31. The molecule has 2 rings (SSSR count). The Bertz CT molecular complexity index is 692. The number of amides is 2. The van der Waals surface area contributed by atoms with Gasteiger partial charge in [-0.2, -0.15) is 5.43 Å². The van der Waals surface area contributed by atoms with Crippen LogP contribution < -0.4 is 15.8 Å². The topological polar surface area (TPSA) is 81.7 Å². The summed E-state index contributed by atoms with van der Waals surface area (Å²) in [4.78, 5) is 22.7. The number of anilines is 1. The van der Waals surface area contributed by atoms with Crippen LogP contribution in [0.1, 0.15) is 12.5 Å². The third-order valence-electron chi connectivity index (χ3n) is 3.37. The van der Waals surface area contributed by atoms with Gasteiger partial charge in [0.1, 0.15) is 11.2 Å². The van der Waals surface area contributed by atoms with Gasteiger partial charge < -0.3 is 10.4 Å². The van der Waals surface area contributed by atoms with Crippen molar-refractivity contribution in [3.63, 3.8) is 0 Å². The van der Waals surface area contributed by atoms with Crippen molar-refractivity contribution in [1.29, 1.82) is 0 Å². The van der Waals surface area contributed by atoms with E-state index in [1.54, 1.807) is 0 Å². The molecule has 1 aromatic carbocycles. The number of hydrogen-bond donors (Lipinski definition) is 3. The van der Waals surface area contributed by atoms with E-state index < -0.39 is 35.3 Å². The number of alkyl halides is 3. The van der Waals surface area contributed by atoms with Crippen molar-refractivity contribution < 1.29 is 27.9 Å². The van der Waals surface area contributed by atoms with E-state index in [0.29, 0.717) is 5.01 Å². The van der Waals surface area contributed by atoms with Gasteiger partial charge >= 0.3 is 12.0 Å². The molecule has 0 bridgehead atoms. The standard InChI is InChI=1S/C13H12Cl2F3N3O3/c1-13(11(17)18)19-12(24)21(20-13)9-3-5(2-7(15)10(22)23)6(14)4-8(9)16/h3-4,7,11,20H,2H2,1H3,(H,19,24)(H,22,23). The van der Waals surface area contributed by atoms with Crippen molar-refractivity contribution >= 4 is 40.9 Å². The highest BCUT2D eigenvalue weighted by atomic mass is 35.5. The number of carboxylic acid groups (broad SMARTS) is 1. The van der Waals surface area contributed by atoms with Crippen molar-refractivity contribution in [2.24, 2.45) is 0 Å². The maximum absolute atomic E-state index is 14.1. The first-order valence-electron chi connectivity index (χ1n) is 6.58. The van der Waals surface area contributed by atoms with Crippen molar-refractivity contribution in [3.8, 4) is 0 Å². The molecule has 0 aliphatic carbocycles. The number of carbonyl (C=O) groups is 2. The Hall–Kier alpha value is -1.71. The molecule has 0 spiro atoms. The number of carboxylic acids is 1. The van der Waals surface area contributed by atoms with Gasteiger partial charge in [-0.15, -0.1) is 11.6 Å². The van der Waals surface area contributed by atoms with E-state index >= 15 is 0 Å². The second-order valence-corrected chi connectivity index (χ2v) is 6.22. The summed E-state index contributed by atoms with van der Waals surface area (Å²) in [5, 5.41) is 9.98. The fraction of sp³-hybridized carbons (Fsp3) is 0.385. The Balaban J connectivity index is 2.37. The van der Waals surface area contributed by atoms with E-state index in [2.05, 4.69) is 5.43 Å². The first-order chi connectivity index (χ1) is 11.0. The van der Waals surface area contributed by atoms with Crippen LogP contribution in [0.25, 0.3) is 0 Å². The largest absolute Gasteiger partial charge is 0.480 e. The minimum atomic E-state index is -2.96. The lowest BCUT2D eigenvalue weighted by Gasteiger charge is -2.24. The predicted molar refractivity (Wildman–Crippen MR) is 80.9 cm³/mol. The van der Waals surface area contributed by atoms with Gasteiger partial charge in [-0.3, -0.25) is 4.79 Å². The molecule has 1 aliphatic rings. The third-order valence-corrected chi connectivity index (χ3v) is 4.07. The maximum Gasteiger partial charge on any atom is 0.338 e. The first-order valence-corrected chi connectivity index (χ1v) is 7.39. The summed E-state index contributed by atoms with van der Waals surface area (Å²) in [5.74, 6) is -2.26. The second kappa shape index (κ2) is 6.66. The summed E-state index contributed by atoms with van der Waals surface area (Å²) in [6, 6.07) is 0.940. The van der Waals surface area contributed by atoms with Gasteiger partial charge in [0.2, 0.25) is 0 Å². The number of aliphatic carboxylic acids is 1. The van der Waals surface area contributed by atoms with E-state index in [9.17, 15) is 22.8 Å². The Morgan fingerprint density at radius 1 is 1.46 bits per heavy atom. The van der Waals surface area contributed by atoms with Gasteiger partial charge in [0.25, 0.3) is 6.43 Å². The van der Waals surface area contributed by atoms with Gasteiger partial charge in [-0.25, -0.2) is 23.0 Å². The van der Waals surface area contributed by atoms with E-state index in [0.717, 1.165) is 19.1 Å². The molecule has 1 saturated heterocycles. The van der Waals surface area contributed by atoms with E-state index in [-0.39, 0.29) is 22.7 Å². The van der Waals surface area contributed by atoms with Crippen LogP contribution in [0.5, 0.6) is 0 Å². The fourth-order valence-electron chi connectivity index (χ4n) is 2.05. The number of urea groups is 1. The zero-order chi connectivity index (χ0) is 18.2. The maximum atomic E-state index is 14.1. The number of benzene rings is 1. The summed E-state index contributed by atoms with van der Waals surface area (Å²) in [6.07, 6.45) is -3.20. The number of halogens is 5. The van der Waals surface area contributed by atoms with Crippen molar-refractivity contribution in [2.45, 2.75) is 30.8 Å². The number of carbonyl (C=O) groups excluding carboxylic acids is 1. The molecule has 1 fully saturated rings. The molecule has 11 heteroatoms. The second-order valence-electron chi connectivity index (χ2n) is 5.29. The number of hydrazine groups is 1. The van der Waals surface area contributed by atoms with Crippen LogP contribution in [0, 0.1) is 5.82 Å². The highest BCUT2D eigenvalue weighted by Gasteiger charge is 2.46. The molecular formula is C13H12Cl2F3N3O3. The zero-order valence-corrected chi connectivity index (χ0v) is 13.6. The zero-order valence-electron chi connectivity index (χ0n) is 12.1. The predicted octanol–water partition coefficient (Wildman–Crippen LogP) is 2.73. The Morgan fingerprint density at radius 3 is 2.58 bits per heavy atom. The summed E-state index contributed by atoms with van der Waals surface area (Å²) >= 11 is 11.5. The van der Waals surface area contributed by atoms with Gasteiger partial charge in [-0.05, 0) is 24.6 Å². The summed E-state index contributed by atoms with van der Waals surface area (Å²) in [7, 11) is 0. The number of nitrogens with zero attached hydrogens (tertiary/aromatic N) is 1. The monoisotopic (exact) mass is 385 g/mol. The van der Waals surface area contributed by atoms with Gasteiger partial charge in [0.15, 0.2) is 5.66 Å². The molecular weight excluding hydrogens is 374 g/mol. The van der Waals surface area contributed by atoms with Crippen LogP contribution in [-0.4, -0.2) is 34.6 Å². The van der Waals surface area contributed by atoms with E-state index in [1.165, 1.54) is 0 Å². The average molecular weight is 386 g/mol. The highest BCUT2D eigenvalue weighted by molar-refractivity contribution is 6.32. The Morgan fingerprint density at radius 2 is 2.08 bits per heavy atom. The van der Waals surface area contributed by atoms with Gasteiger partial charge in [0.05, 0.1) is 5.69 Å². The number of hydrogen-bond acceptors (Lipinski definition) is 3. The van der Waals surface area contributed by atoms with Crippen LogP contribution >= 0.6 is 23.2 Å². The SMILES string of the molecule is CC1(C(F)F)NC(=O)N(c2cc(CC(Cl)C(=O)O)c(Cl)cc2F)N1. The quantitative estimate of drug-likeness (QED) is 0.680. The van der Waals surface area contributed by atoms with Crippen LogP contribution in [0.15, 0.2) is 12.1 Å². The van der Waals surface area contributed by atoms with Crippen LogP contribution in [-0.2, 0) is 11.2 Å². The molecule has 0 saturated carbocycles. The van der Waals surface area contributed by atoms with Crippen LogP contribution in [0.2, 0.25) is 5.02 Å². The van der Waals surface area contributed by atoms with Gasteiger partial charge in [0, 0.05) is 11.4 Å². The average Bonchev–Trinajstić information content (AvgIpc) is 2.78. The third kappa shape index (κ3) is 3.52. The Kier molecular flexibility index (Phi) is 5.17. The molecule has 0 radical (unpaired) electrons. The molecule has 2 atom stereocenters. The van der Waals surface area contributed by atoms with E-state index in [1.807, 2.05) is 5.32 Å². The van der Waals surface area contributed by atoms with Gasteiger partial charge in [-0.1, -0.05) is 11.6 Å². The number of rotatable bonds is 5. The van der Waals surface area contributed by atoms with Crippen molar-refractivity contribution in [2.75, 3.05) is 5.01 Å². The minimum absolute atomic E-state index is 0.0978. The van der Waals surface area contributed by atoms with Crippen molar-refractivity contribution in [3.05, 3.63) is 28.5 Å². The molecule has 1 aromatic rings. The smallest absolute Gasteiger partial charge is 0.338 e. The lowest BCUT2D eigenvalue weighted by atomic mass is 10.1. The fourth-order valence-corrected chi connectivity index (χ4v) is 2.44. The normalized spacial score (nSPS) is 22.0. The first kappa shape index (κ1) is 18.6.